The molecule has 0 spiro atoms. The van der Waals surface area contributed by atoms with Crippen LogP contribution >= 0.6 is 15.9 Å². The van der Waals surface area contributed by atoms with E-state index < -0.39 is 0 Å². The second-order valence-electron chi connectivity index (χ2n) is 2.63. The van der Waals surface area contributed by atoms with Crippen LogP contribution in [0.1, 0.15) is 5.56 Å². The summed E-state index contributed by atoms with van der Waals surface area (Å²) in [5.74, 6) is -0.199. The number of halogens is 1. The maximum Gasteiger partial charge on any atom is 0.247 e. The first kappa shape index (κ1) is 9.99. The number of carbonyl (C=O) groups excluding carboxylic acids is 1. The summed E-state index contributed by atoms with van der Waals surface area (Å²) in [7, 11) is 0. The minimum absolute atomic E-state index is 0.199. The van der Waals surface area contributed by atoms with Gasteiger partial charge >= 0.3 is 0 Å². The van der Waals surface area contributed by atoms with Crippen molar-refractivity contribution in [2.24, 2.45) is 0 Å². The second-order valence-corrected chi connectivity index (χ2v) is 3.48. The molecule has 0 saturated carbocycles. The zero-order valence-corrected chi connectivity index (χ0v) is 8.89. The first-order valence-corrected chi connectivity index (χ1v) is 4.63. The second kappa shape index (κ2) is 4.23. The van der Waals surface area contributed by atoms with Gasteiger partial charge in [0.2, 0.25) is 5.91 Å². The fourth-order valence-corrected chi connectivity index (χ4v) is 1.53. The lowest BCUT2D eigenvalue weighted by Gasteiger charge is -2.07. The summed E-state index contributed by atoms with van der Waals surface area (Å²) < 4.78 is 0.878. The SMILES string of the molecule is C=CC(=O)Nc1c(C)cccc1Br. The van der Waals surface area contributed by atoms with Gasteiger partial charge in [0.1, 0.15) is 0 Å². The van der Waals surface area contributed by atoms with Gasteiger partial charge in [0.25, 0.3) is 0 Å². The molecule has 0 atom stereocenters. The van der Waals surface area contributed by atoms with Gasteiger partial charge in [0.15, 0.2) is 0 Å². The van der Waals surface area contributed by atoms with Gasteiger partial charge < -0.3 is 5.32 Å². The molecule has 2 nitrogen and oxygen atoms in total. The summed E-state index contributed by atoms with van der Waals surface area (Å²) in [6.07, 6.45) is 1.25. The molecule has 68 valence electrons. The highest BCUT2D eigenvalue weighted by Gasteiger charge is 2.04. The largest absolute Gasteiger partial charge is 0.321 e. The van der Waals surface area contributed by atoms with Crippen LogP contribution < -0.4 is 5.32 Å². The molecule has 0 radical (unpaired) electrons. The van der Waals surface area contributed by atoms with Crippen molar-refractivity contribution in [3.63, 3.8) is 0 Å². The normalized spacial score (nSPS) is 9.38. The average Bonchev–Trinajstić information content (AvgIpc) is 2.11. The molecular formula is C10H10BrNO. The van der Waals surface area contributed by atoms with Crippen molar-refractivity contribution in [2.75, 3.05) is 5.32 Å². The van der Waals surface area contributed by atoms with E-state index in [-0.39, 0.29) is 5.91 Å². The third-order valence-corrected chi connectivity index (χ3v) is 2.32. The van der Waals surface area contributed by atoms with E-state index in [1.165, 1.54) is 6.08 Å². The molecule has 0 aliphatic rings. The van der Waals surface area contributed by atoms with Crippen LogP contribution in [0.5, 0.6) is 0 Å². The number of hydrogen-bond donors (Lipinski definition) is 1. The minimum Gasteiger partial charge on any atom is -0.321 e. The molecule has 1 aromatic carbocycles. The quantitative estimate of drug-likeness (QED) is 0.791. The first-order chi connectivity index (χ1) is 6.15. The minimum atomic E-state index is -0.199. The van der Waals surface area contributed by atoms with Crippen LogP contribution in [0.3, 0.4) is 0 Å². The van der Waals surface area contributed by atoms with Crippen LogP contribution in [0.25, 0.3) is 0 Å². The maximum atomic E-state index is 11.0. The van der Waals surface area contributed by atoms with Gasteiger partial charge in [0.05, 0.1) is 5.69 Å². The Hall–Kier alpha value is -1.09. The van der Waals surface area contributed by atoms with Gasteiger partial charge in [-0.1, -0.05) is 18.7 Å². The zero-order chi connectivity index (χ0) is 9.84. The van der Waals surface area contributed by atoms with Crippen molar-refractivity contribution >= 4 is 27.5 Å². The van der Waals surface area contributed by atoms with Crippen molar-refractivity contribution in [1.82, 2.24) is 0 Å². The van der Waals surface area contributed by atoms with Crippen molar-refractivity contribution in [2.45, 2.75) is 6.92 Å². The molecular weight excluding hydrogens is 230 g/mol. The summed E-state index contributed by atoms with van der Waals surface area (Å²) in [5, 5.41) is 2.72. The van der Waals surface area contributed by atoms with Gasteiger partial charge in [-0.05, 0) is 40.6 Å². The number of aryl methyl sites for hydroxylation is 1. The van der Waals surface area contributed by atoms with E-state index in [9.17, 15) is 4.79 Å². The van der Waals surface area contributed by atoms with Gasteiger partial charge in [-0.3, -0.25) is 4.79 Å². The zero-order valence-electron chi connectivity index (χ0n) is 7.30. The molecule has 0 aliphatic heterocycles. The summed E-state index contributed by atoms with van der Waals surface area (Å²) in [5.41, 5.74) is 1.82. The lowest BCUT2D eigenvalue weighted by molar-refractivity contribution is -0.111. The van der Waals surface area contributed by atoms with Crippen molar-refractivity contribution in [3.05, 3.63) is 40.9 Å². The summed E-state index contributed by atoms with van der Waals surface area (Å²) >= 11 is 3.36. The third kappa shape index (κ3) is 2.42. The van der Waals surface area contributed by atoms with E-state index in [1.54, 1.807) is 0 Å². The summed E-state index contributed by atoms with van der Waals surface area (Å²) in [6, 6.07) is 5.73. The fourth-order valence-electron chi connectivity index (χ4n) is 0.964. The molecule has 13 heavy (non-hydrogen) atoms. The predicted molar refractivity (Wildman–Crippen MR) is 57.7 cm³/mol. The van der Waals surface area contributed by atoms with E-state index >= 15 is 0 Å². The molecule has 1 rings (SSSR count). The molecule has 0 aliphatic carbocycles. The van der Waals surface area contributed by atoms with Crippen molar-refractivity contribution < 1.29 is 4.79 Å². The average molecular weight is 240 g/mol. The molecule has 0 aromatic heterocycles. The molecule has 1 N–H and O–H groups in total. The molecule has 3 heteroatoms. The van der Waals surface area contributed by atoms with Gasteiger partial charge in [-0.2, -0.15) is 0 Å². The van der Waals surface area contributed by atoms with E-state index in [4.69, 9.17) is 0 Å². The van der Waals surface area contributed by atoms with E-state index in [0.717, 1.165) is 15.7 Å². The number of benzene rings is 1. The Morgan fingerprint density at radius 3 is 2.85 bits per heavy atom. The third-order valence-electron chi connectivity index (χ3n) is 1.66. The van der Waals surface area contributed by atoms with E-state index in [1.807, 2.05) is 25.1 Å². The van der Waals surface area contributed by atoms with Gasteiger partial charge in [-0.15, -0.1) is 0 Å². The van der Waals surface area contributed by atoms with Crippen LogP contribution in [-0.4, -0.2) is 5.91 Å². The van der Waals surface area contributed by atoms with Crippen LogP contribution in [0.15, 0.2) is 35.3 Å². The first-order valence-electron chi connectivity index (χ1n) is 3.83. The Labute approximate surface area is 85.8 Å². The lowest BCUT2D eigenvalue weighted by atomic mass is 10.2. The number of para-hydroxylation sites is 1. The predicted octanol–water partition coefficient (Wildman–Crippen LogP) is 2.88. The monoisotopic (exact) mass is 239 g/mol. The smallest absolute Gasteiger partial charge is 0.247 e. The van der Waals surface area contributed by atoms with Crippen LogP contribution in [0.2, 0.25) is 0 Å². The number of anilines is 1. The highest BCUT2D eigenvalue weighted by molar-refractivity contribution is 9.10. The highest BCUT2D eigenvalue weighted by atomic mass is 79.9. The summed E-state index contributed by atoms with van der Waals surface area (Å²) in [6.45, 7) is 5.32. The van der Waals surface area contributed by atoms with E-state index in [2.05, 4.69) is 27.8 Å². The number of amides is 1. The number of rotatable bonds is 2. The standard InChI is InChI=1S/C10H10BrNO/c1-3-9(13)12-10-7(2)5-4-6-8(10)11/h3-6H,1H2,2H3,(H,12,13). The maximum absolute atomic E-state index is 11.0. The number of carbonyl (C=O) groups is 1. The Morgan fingerprint density at radius 2 is 2.31 bits per heavy atom. The van der Waals surface area contributed by atoms with Crippen molar-refractivity contribution in [1.29, 1.82) is 0 Å². The van der Waals surface area contributed by atoms with Crippen LogP contribution in [0.4, 0.5) is 5.69 Å². The van der Waals surface area contributed by atoms with Crippen LogP contribution in [0, 0.1) is 6.92 Å². The Kier molecular flexibility index (Phi) is 3.25. The highest BCUT2D eigenvalue weighted by Crippen LogP contribution is 2.25. The van der Waals surface area contributed by atoms with E-state index in [0.29, 0.717) is 0 Å². The molecule has 1 amide bonds. The molecule has 0 saturated heterocycles. The molecule has 1 aromatic rings. The molecule has 0 fully saturated rings. The molecule has 0 unspecified atom stereocenters. The molecule has 0 heterocycles. The van der Waals surface area contributed by atoms with Crippen molar-refractivity contribution in [3.8, 4) is 0 Å². The lowest BCUT2D eigenvalue weighted by Crippen LogP contribution is -2.08. The topological polar surface area (TPSA) is 29.1 Å². The Balaban J connectivity index is 2.99. The van der Waals surface area contributed by atoms with Crippen LogP contribution in [-0.2, 0) is 4.79 Å². The van der Waals surface area contributed by atoms with Gasteiger partial charge in [-0.25, -0.2) is 0 Å². The van der Waals surface area contributed by atoms with Gasteiger partial charge in [0, 0.05) is 4.47 Å². The fraction of sp³-hybridized carbons (Fsp3) is 0.100. The Bertz CT molecular complexity index is 327. The molecule has 0 bridgehead atoms. The summed E-state index contributed by atoms with van der Waals surface area (Å²) in [4.78, 5) is 11.0. The number of nitrogens with one attached hydrogen (secondary N) is 1. The Morgan fingerprint density at radius 1 is 1.62 bits per heavy atom. The number of hydrogen-bond acceptors (Lipinski definition) is 1.